The Morgan fingerprint density at radius 3 is 2.95 bits per heavy atom. The summed E-state index contributed by atoms with van der Waals surface area (Å²) in [4.78, 5) is 0. The number of nitrogens with one attached hydrogen (secondary N) is 1. The van der Waals surface area contributed by atoms with Gasteiger partial charge >= 0.3 is 0 Å². The lowest BCUT2D eigenvalue weighted by atomic mass is 9.88. The van der Waals surface area contributed by atoms with E-state index in [2.05, 4.69) is 57.7 Å². The molecule has 0 spiro atoms. The van der Waals surface area contributed by atoms with E-state index in [1.54, 1.807) is 0 Å². The zero-order valence-corrected chi connectivity index (χ0v) is 12.9. The first-order chi connectivity index (χ1) is 9.11. The minimum absolute atomic E-state index is 0.511. The predicted molar refractivity (Wildman–Crippen MR) is 81.5 cm³/mol. The second-order valence-electron chi connectivity index (χ2n) is 5.30. The van der Waals surface area contributed by atoms with Crippen LogP contribution in [0, 0.1) is 6.92 Å². The SMILES string of the molecule is Cc1nn(C)cc1NC1CCc2cc(Br)ccc2C1. The molecule has 0 radical (unpaired) electrons. The number of nitrogens with zero attached hydrogens (tertiary/aromatic N) is 2. The zero-order valence-electron chi connectivity index (χ0n) is 11.3. The maximum Gasteiger partial charge on any atom is 0.0825 e. The van der Waals surface area contributed by atoms with Crippen molar-refractivity contribution in [3.63, 3.8) is 0 Å². The fraction of sp³-hybridized carbons (Fsp3) is 0.400. The van der Waals surface area contributed by atoms with E-state index in [0.29, 0.717) is 6.04 Å². The molecule has 1 atom stereocenters. The molecule has 100 valence electrons. The molecule has 3 rings (SSSR count). The average Bonchev–Trinajstić information content (AvgIpc) is 2.68. The Morgan fingerprint density at radius 2 is 2.21 bits per heavy atom. The minimum atomic E-state index is 0.511. The fourth-order valence-electron chi connectivity index (χ4n) is 2.81. The molecule has 0 saturated heterocycles. The number of hydrogen-bond acceptors (Lipinski definition) is 2. The van der Waals surface area contributed by atoms with Crippen molar-refractivity contribution >= 4 is 21.6 Å². The first-order valence-corrected chi connectivity index (χ1v) is 7.45. The summed E-state index contributed by atoms with van der Waals surface area (Å²) in [5.74, 6) is 0. The second-order valence-corrected chi connectivity index (χ2v) is 6.21. The molecule has 1 unspecified atom stereocenters. The summed E-state index contributed by atoms with van der Waals surface area (Å²) in [6, 6.07) is 7.14. The molecule has 1 aliphatic rings. The maximum absolute atomic E-state index is 4.38. The van der Waals surface area contributed by atoms with E-state index in [4.69, 9.17) is 0 Å². The number of rotatable bonds is 2. The lowest BCUT2D eigenvalue weighted by molar-refractivity contribution is 0.610. The molecule has 1 heterocycles. The van der Waals surface area contributed by atoms with Crippen molar-refractivity contribution in [2.45, 2.75) is 32.2 Å². The van der Waals surface area contributed by atoms with Gasteiger partial charge in [0.05, 0.1) is 11.4 Å². The number of benzene rings is 1. The first kappa shape index (κ1) is 12.7. The molecular weight excluding hydrogens is 302 g/mol. The largest absolute Gasteiger partial charge is 0.379 e. The van der Waals surface area contributed by atoms with Crippen LogP contribution in [0.1, 0.15) is 23.2 Å². The highest BCUT2D eigenvalue weighted by molar-refractivity contribution is 9.10. The fourth-order valence-corrected chi connectivity index (χ4v) is 3.22. The molecule has 0 amide bonds. The predicted octanol–water partition coefficient (Wildman–Crippen LogP) is 3.46. The van der Waals surface area contributed by atoms with Crippen molar-refractivity contribution in [1.29, 1.82) is 0 Å². The molecular formula is C15H18BrN3. The maximum atomic E-state index is 4.38. The molecule has 3 nitrogen and oxygen atoms in total. The standard InChI is InChI=1S/C15H18BrN3/c1-10-15(9-19(2)18-10)17-14-6-4-11-7-13(16)5-3-12(11)8-14/h3,5,7,9,14,17H,4,6,8H2,1-2H3. The third-order valence-corrected chi connectivity index (χ3v) is 4.26. The summed E-state index contributed by atoms with van der Waals surface area (Å²) in [5.41, 5.74) is 5.18. The van der Waals surface area contributed by atoms with Gasteiger partial charge in [0.15, 0.2) is 0 Å². The number of halogens is 1. The molecule has 2 aromatic rings. The molecule has 19 heavy (non-hydrogen) atoms. The molecule has 1 aliphatic carbocycles. The third kappa shape index (κ3) is 2.68. The Morgan fingerprint density at radius 1 is 1.37 bits per heavy atom. The average molecular weight is 320 g/mol. The van der Waals surface area contributed by atoms with Crippen molar-refractivity contribution < 1.29 is 0 Å². The van der Waals surface area contributed by atoms with Gasteiger partial charge < -0.3 is 5.32 Å². The Bertz CT molecular complexity index is 603. The van der Waals surface area contributed by atoms with Gasteiger partial charge in [-0.3, -0.25) is 4.68 Å². The van der Waals surface area contributed by atoms with Crippen LogP contribution in [-0.2, 0) is 19.9 Å². The number of anilines is 1. The summed E-state index contributed by atoms with van der Waals surface area (Å²) in [6.45, 7) is 2.05. The van der Waals surface area contributed by atoms with E-state index < -0.39 is 0 Å². The summed E-state index contributed by atoms with van der Waals surface area (Å²) in [5, 5.41) is 8.01. The van der Waals surface area contributed by atoms with Gasteiger partial charge in [0.2, 0.25) is 0 Å². The van der Waals surface area contributed by atoms with Crippen molar-refractivity contribution in [1.82, 2.24) is 9.78 Å². The van der Waals surface area contributed by atoms with Crippen LogP contribution in [-0.4, -0.2) is 15.8 Å². The number of aryl methyl sites for hydroxylation is 3. The van der Waals surface area contributed by atoms with Crippen molar-refractivity contribution in [3.8, 4) is 0 Å². The Labute approximate surface area is 122 Å². The summed E-state index contributed by atoms with van der Waals surface area (Å²) < 4.78 is 3.05. The van der Waals surface area contributed by atoms with Gasteiger partial charge in [0, 0.05) is 23.8 Å². The molecule has 1 N–H and O–H groups in total. The van der Waals surface area contributed by atoms with Crippen LogP contribution < -0.4 is 5.32 Å². The highest BCUT2D eigenvalue weighted by Gasteiger charge is 2.19. The molecule has 0 saturated carbocycles. The van der Waals surface area contributed by atoms with Crippen molar-refractivity contribution in [2.75, 3.05) is 5.32 Å². The second kappa shape index (κ2) is 5.00. The van der Waals surface area contributed by atoms with Gasteiger partial charge in [-0.15, -0.1) is 0 Å². The summed E-state index contributed by atoms with van der Waals surface area (Å²) in [6.07, 6.45) is 5.48. The Hall–Kier alpha value is -1.29. The minimum Gasteiger partial charge on any atom is -0.379 e. The third-order valence-electron chi connectivity index (χ3n) is 3.77. The van der Waals surface area contributed by atoms with Crippen LogP contribution in [0.4, 0.5) is 5.69 Å². The first-order valence-electron chi connectivity index (χ1n) is 6.66. The highest BCUT2D eigenvalue weighted by atomic mass is 79.9. The number of hydrogen-bond donors (Lipinski definition) is 1. The van der Waals surface area contributed by atoms with Crippen LogP contribution in [0.2, 0.25) is 0 Å². The molecule has 4 heteroatoms. The normalized spacial score (nSPS) is 18.2. The topological polar surface area (TPSA) is 29.9 Å². The van der Waals surface area contributed by atoms with Gasteiger partial charge in [0.1, 0.15) is 0 Å². The summed E-state index contributed by atoms with van der Waals surface area (Å²) in [7, 11) is 1.96. The van der Waals surface area contributed by atoms with E-state index in [1.807, 2.05) is 11.7 Å². The Kier molecular flexibility index (Phi) is 3.35. The molecule has 0 aliphatic heterocycles. The van der Waals surface area contributed by atoms with Crippen LogP contribution >= 0.6 is 15.9 Å². The van der Waals surface area contributed by atoms with Crippen LogP contribution in [0.5, 0.6) is 0 Å². The molecule has 0 fully saturated rings. The lowest BCUT2D eigenvalue weighted by Gasteiger charge is -2.26. The number of fused-ring (bicyclic) bond motifs is 1. The quantitative estimate of drug-likeness (QED) is 0.918. The van der Waals surface area contributed by atoms with Crippen molar-refractivity contribution in [2.24, 2.45) is 7.05 Å². The van der Waals surface area contributed by atoms with Gasteiger partial charge in [-0.05, 0) is 49.4 Å². The van der Waals surface area contributed by atoms with Crippen molar-refractivity contribution in [3.05, 3.63) is 45.7 Å². The van der Waals surface area contributed by atoms with Crippen LogP contribution in [0.15, 0.2) is 28.9 Å². The van der Waals surface area contributed by atoms with Crippen LogP contribution in [0.25, 0.3) is 0 Å². The smallest absolute Gasteiger partial charge is 0.0825 e. The number of aromatic nitrogens is 2. The monoisotopic (exact) mass is 319 g/mol. The van der Waals surface area contributed by atoms with E-state index in [0.717, 1.165) is 24.2 Å². The Balaban J connectivity index is 1.75. The van der Waals surface area contributed by atoms with Gasteiger partial charge in [0.25, 0.3) is 0 Å². The molecule has 1 aromatic carbocycles. The van der Waals surface area contributed by atoms with E-state index >= 15 is 0 Å². The van der Waals surface area contributed by atoms with Gasteiger partial charge in [-0.1, -0.05) is 22.0 Å². The van der Waals surface area contributed by atoms with Crippen LogP contribution in [0.3, 0.4) is 0 Å². The van der Waals surface area contributed by atoms with Gasteiger partial charge in [-0.25, -0.2) is 0 Å². The van der Waals surface area contributed by atoms with E-state index in [1.165, 1.54) is 22.0 Å². The lowest BCUT2D eigenvalue weighted by Crippen LogP contribution is -2.27. The highest BCUT2D eigenvalue weighted by Crippen LogP contribution is 2.27. The van der Waals surface area contributed by atoms with E-state index in [-0.39, 0.29) is 0 Å². The molecule has 1 aromatic heterocycles. The van der Waals surface area contributed by atoms with Gasteiger partial charge in [-0.2, -0.15) is 5.10 Å². The summed E-state index contributed by atoms with van der Waals surface area (Å²) >= 11 is 3.54. The van der Waals surface area contributed by atoms with E-state index in [9.17, 15) is 0 Å². The molecule has 0 bridgehead atoms. The zero-order chi connectivity index (χ0) is 13.4.